The summed E-state index contributed by atoms with van der Waals surface area (Å²) >= 11 is 6.34. The van der Waals surface area contributed by atoms with Crippen LogP contribution in [0.3, 0.4) is 0 Å². The molecule has 1 aliphatic rings. The topological polar surface area (TPSA) is 77.1 Å². The van der Waals surface area contributed by atoms with Gasteiger partial charge in [0.1, 0.15) is 29.1 Å². The van der Waals surface area contributed by atoms with Gasteiger partial charge in [-0.25, -0.2) is 4.39 Å². The number of para-hydroxylation sites is 1. The molecule has 3 aromatic carbocycles. The van der Waals surface area contributed by atoms with E-state index in [1.165, 1.54) is 36.3 Å². The molecule has 1 N–H and O–H groups in total. The SMILES string of the molecule is COc1ccc(CN2C(=O)COc3c(Cl)cccc3C2C(=O)Nc2ccc(F)cc2)c(OC)c1. The minimum Gasteiger partial charge on any atom is -0.497 e. The third-order valence-corrected chi connectivity index (χ3v) is 5.76. The van der Waals surface area contributed by atoms with Crippen LogP contribution in [0.2, 0.25) is 5.02 Å². The smallest absolute Gasteiger partial charge is 0.261 e. The lowest BCUT2D eigenvalue weighted by Gasteiger charge is -2.30. The number of methoxy groups -OCH3 is 2. The fourth-order valence-corrected chi connectivity index (χ4v) is 4.03. The van der Waals surface area contributed by atoms with Crippen molar-refractivity contribution < 1.29 is 28.2 Å². The molecule has 4 rings (SSSR count). The van der Waals surface area contributed by atoms with Crippen LogP contribution in [0.1, 0.15) is 17.2 Å². The first-order valence-corrected chi connectivity index (χ1v) is 10.8. The highest BCUT2D eigenvalue weighted by Crippen LogP contribution is 2.39. The highest BCUT2D eigenvalue weighted by atomic mass is 35.5. The Kier molecular flexibility index (Phi) is 6.88. The molecule has 0 saturated carbocycles. The van der Waals surface area contributed by atoms with E-state index < -0.39 is 23.7 Å². The number of halogens is 2. The van der Waals surface area contributed by atoms with E-state index in [9.17, 15) is 14.0 Å². The van der Waals surface area contributed by atoms with Crippen molar-refractivity contribution in [3.05, 3.63) is 82.6 Å². The molecule has 7 nitrogen and oxygen atoms in total. The Balaban J connectivity index is 1.76. The maximum atomic E-state index is 13.5. The lowest BCUT2D eigenvalue weighted by atomic mass is 10.0. The number of nitrogens with one attached hydrogen (secondary N) is 1. The van der Waals surface area contributed by atoms with Gasteiger partial charge in [0.05, 0.1) is 25.8 Å². The van der Waals surface area contributed by atoms with Crippen molar-refractivity contribution in [2.75, 3.05) is 26.1 Å². The zero-order chi connectivity index (χ0) is 24.2. The summed E-state index contributed by atoms with van der Waals surface area (Å²) in [5.74, 6) is 0.0170. The number of fused-ring (bicyclic) bond motifs is 1. The Morgan fingerprint density at radius 1 is 1.15 bits per heavy atom. The fraction of sp³-hybridized carbons (Fsp3) is 0.200. The molecule has 1 heterocycles. The molecule has 0 bridgehead atoms. The lowest BCUT2D eigenvalue weighted by molar-refractivity contribution is -0.140. The zero-order valence-corrected chi connectivity index (χ0v) is 19.3. The molecule has 1 unspecified atom stereocenters. The molecule has 1 aliphatic heterocycles. The second kappa shape index (κ2) is 10.0. The van der Waals surface area contributed by atoms with Crippen LogP contribution in [0.15, 0.2) is 60.7 Å². The molecule has 3 aromatic rings. The van der Waals surface area contributed by atoms with Gasteiger partial charge in [-0.2, -0.15) is 0 Å². The van der Waals surface area contributed by atoms with Crippen molar-refractivity contribution in [1.29, 1.82) is 0 Å². The van der Waals surface area contributed by atoms with E-state index in [2.05, 4.69) is 5.32 Å². The second-order valence-corrected chi connectivity index (χ2v) is 7.95. The van der Waals surface area contributed by atoms with Crippen molar-refractivity contribution in [1.82, 2.24) is 4.90 Å². The monoisotopic (exact) mass is 484 g/mol. The molecule has 0 aromatic heterocycles. The minimum atomic E-state index is -1.07. The highest BCUT2D eigenvalue weighted by Gasteiger charge is 2.37. The van der Waals surface area contributed by atoms with Crippen molar-refractivity contribution in [3.63, 3.8) is 0 Å². The summed E-state index contributed by atoms with van der Waals surface area (Å²) in [5.41, 5.74) is 1.49. The quantitative estimate of drug-likeness (QED) is 0.553. The van der Waals surface area contributed by atoms with Crippen LogP contribution >= 0.6 is 11.6 Å². The summed E-state index contributed by atoms with van der Waals surface area (Å²) in [6, 6.07) is 14.5. The number of nitrogens with zero attached hydrogens (tertiary/aromatic N) is 1. The molecule has 176 valence electrons. The van der Waals surface area contributed by atoms with Gasteiger partial charge < -0.3 is 24.4 Å². The largest absolute Gasteiger partial charge is 0.497 e. The molecule has 0 aliphatic carbocycles. The zero-order valence-electron chi connectivity index (χ0n) is 18.5. The molecule has 0 spiro atoms. The van der Waals surface area contributed by atoms with Gasteiger partial charge in [-0.3, -0.25) is 9.59 Å². The molecule has 2 amide bonds. The number of hydrogen-bond acceptors (Lipinski definition) is 5. The van der Waals surface area contributed by atoms with E-state index in [1.54, 1.807) is 43.5 Å². The van der Waals surface area contributed by atoms with Crippen LogP contribution < -0.4 is 19.5 Å². The van der Waals surface area contributed by atoms with Gasteiger partial charge in [-0.15, -0.1) is 0 Å². The van der Waals surface area contributed by atoms with Crippen LogP contribution in [-0.2, 0) is 16.1 Å². The summed E-state index contributed by atoms with van der Waals surface area (Å²) in [4.78, 5) is 28.1. The van der Waals surface area contributed by atoms with Gasteiger partial charge in [0.2, 0.25) is 0 Å². The first-order valence-electron chi connectivity index (χ1n) is 10.4. The van der Waals surface area contributed by atoms with Crippen LogP contribution in [0.25, 0.3) is 0 Å². The number of ether oxygens (including phenoxy) is 3. The first kappa shape index (κ1) is 23.4. The normalized spacial score (nSPS) is 15.1. The van der Waals surface area contributed by atoms with Gasteiger partial charge in [0.15, 0.2) is 6.61 Å². The summed E-state index contributed by atoms with van der Waals surface area (Å²) < 4.78 is 29.8. The van der Waals surface area contributed by atoms with E-state index in [0.717, 1.165) is 0 Å². The van der Waals surface area contributed by atoms with Gasteiger partial charge in [-0.1, -0.05) is 23.7 Å². The number of carbonyl (C=O) groups is 2. The lowest BCUT2D eigenvalue weighted by Crippen LogP contribution is -2.41. The second-order valence-electron chi connectivity index (χ2n) is 7.54. The summed E-state index contributed by atoms with van der Waals surface area (Å²) in [7, 11) is 3.06. The Morgan fingerprint density at radius 3 is 2.62 bits per heavy atom. The van der Waals surface area contributed by atoms with Crippen molar-refractivity contribution in [2.24, 2.45) is 0 Å². The van der Waals surface area contributed by atoms with Crippen LogP contribution in [0, 0.1) is 5.82 Å². The van der Waals surface area contributed by atoms with Gasteiger partial charge in [0.25, 0.3) is 11.8 Å². The number of anilines is 1. The highest BCUT2D eigenvalue weighted by molar-refractivity contribution is 6.32. The maximum Gasteiger partial charge on any atom is 0.261 e. The predicted molar refractivity (Wildman–Crippen MR) is 125 cm³/mol. The minimum absolute atomic E-state index is 0.0584. The Bertz CT molecular complexity index is 1220. The third-order valence-electron chi connectivity index (χ3n) is 5.46. The van der Waals surface area contributed by atoms with Crippen molar-refractivity contribution >= 4 is 29.1 Å². The van der Waals surface area contributed by atoms with Gasteiger partial charge >= 0.3 is 0 Å². The summed E-state index contributed by atoms with van der Waals surface area (Å²) in [6.07, 6.45) is 0. The number of carbonyl (C=O) groups excluding carboxylic acids is 2. The number of hydrogen-bond donors (Lipinski definition) is 1. The van der Waals surface area contributed by atoms with E-state index in [-0.39, 0.29) is 23.9 Å². The third kappa shape index (κ3) is 4.77. The van der Waals surface area contributed by atoms with Gasteiger partial charge in [-0.05, 0) is 42.5 Å². The number of benzene rings is 3. The summed E-state index contributed by atoms with van der Waals surface area (Å²) in [6.45, 7) is -0.238. The van der Waals surface area contributed by atoms with Crippen LogP contribution in [0.5, 0.6) is 17.2 Å². The van der Waals surface area contributed by atoms with E-state index in [0.29, 0.717) is 28.3 Å². The average Bonchev–Trinajstić information content (AvgIpc) is 2.98. The van der Waals surface area contributed by atoms with Crippen molar-refractivity contribution in [3.8, 4) is 17.2 Å². The van der Waals surface area contributed by atoms with Crippen LogP contribution in [0.4, 0.5) is 10.1 Å². The van der Waals surface area contributed by atoms with Gasteiger partial charge in [0, 0.05) is 22.9 Å². The maximum absolute atomic E-state index is 13.5. The standard InChI is InChI=1S/C25H22ClFN2O5/c1-32-18-11-6-15(21(12-18)33-2)13-29-22(30)14-34-24-19(4-3-5-20(24)26)23(29)25(31)28-17-9-7-16(27)8-10-17/h3-12,23H,13-14H2,1-2H3,(H,28,31). The Labute approximate surface area is 201 Å². The average molecular weight is 485 g/mol. The predicted octanol–water partition coefficient (Wildman–Crippen LogP) is 4.60. The van der Waals surface area contributed by atoms with E-state index in [4.69, 9.17) is 25.8 Å². The molecular formula is C25H22ClFN2O5. The Hall–Kier alpha value is -3.78. The van der Waals surface area contributed by atoms with E-state index in [1.807, 2.05) is 0 Å². The molecule has 9 heteroatoms. The van der Waals surface area contributed by atoms with E-state index >= 15 is 0 Å². The Morgan fingerprint density at radius 2 is 1.91 bits per heavy atom. The number of amides is 2. The molecule has 34 heavy (non-hydrogen) atoms. The molecule has 1 atom stereocenters. The van der Waals surface area contributed by atoms with Crippen LogP contribution in [-0.4, -0.2) is 37.5 Å². The number of rotatable bonds is 6. The fourth-order valence-electron chi connectivity index (χ4n) is 3.79. The molecule has 0 fully saturated rings. The first-order chi connectivity index (χ1) is 16.4. The summed E-state index contributed by atoms with van der Waals surface area (Å²) in [5, 5.41) is 3.05. The molecular weight excluding hydrogens is 463 g/mol. The molecule has 0 radical (unpaired) electrons. The molecule has 0 saturated heterocycles. The van der Waals surface area contributed by atoms with Crippen molar-refractivity contribution in [2.45, 2.75) is 12.6 Å².